The van der Waals surface area contributed by atoms with Crippen LogP contribution in [0.15, 0.2) is 40.9 Å². The van der Waals surface area contributed by atoms with E-state index in [1.165, 1.54) is 11.1 Å². The van der Waals surface area contributed by atoms with Crippen LogP contribution in [0.1, 0.15) is 41.6 Å². The fraction of sp³-hybridized carbons (Fsp3) is 0.350. The van der Waals surface area contributed by atoms with Crippen LogP contribution in [0.25, 0.3) is 0 Å². The molecule has 0 saturated heterocycles. The van der Waals surface area contributed by atoms with Crippen molar-refractivity contribution >= 4 is 21.8 Å². The summed E-state index contributed by atoms with van der Waals surface area (Å²) in [6, 6.07) is 12.0. The summed E-state index contributed by atoms with van der Waals surface area (Å²) >= 11 is 3.45. The molecule has 2 rings (SSSR count). The van der Waals surface area contributed by atoms with E-state index >= 15 is 0 Å². The molecule has 0 aliphatic heterocycles. The van der Waals surface area contributed by atoms with Crippen LogP contribution in [-0.2, 0) is 4.79 Å². The van der Waals surface area contributed by atoms with E-state index in [4.69, 9.17) is 4.74 Å². The molecule has 1 unspecified atom stereocenters. The van der Waals surface area contributed by atoms with Crippen molar-refractivity contribution in [1.82, 2.24) is 5.32 Å². The number of aryl methyl sites for hydroxylation is 3. The first-order valence-electron chi connectivity index (χ1n) is 8.16. The molecule has 1 atom stereocenters. The predicted molar refractivity (Wildman–Crippen MR) is 101 cm³/mol. The van der Waals surface area contributed by atoms with Crippen molar-refractivity contribution in [1.29, 1.82) is 0 Å². The maximum Gasteiger partial charge on any atom is 0.258 e. The van der Waals surface area contributed by atoms with Gasteiger partial charge in [0.1, 0.15) is 5.75 Å². The Morgan fingerprint density at radius 1 is 1.12 bits per heavy atom. The topological polar surface area (TPSA) is 38.3 Å². The molecule has 0 fully saturated rings. The molecule has 0 radical (unpaired) electrons. The maximum absolute atomic E-state index is 12.2. The monoisotopic (exact) mass is 389 g/mol. The second-order valence-corrected chi connectivity index (χ2v) is 6.94. The van der Waals surface area contributed by atoms with E-state index in [1.54, 1.807) is 0 Å². The van der Waals surface area contributed by atoms with Crippen LogP contribution < -0.4 is 10.1 Å². The first-order chi connectivity index (χ1) is 11.4. The smallest absolute Gasteiger partial charge is 0.258 e. The summed E-state index contributed by atoms with van der Waals surface area (Å²) in [5, 5.41) is 3.07. The zero-order valence-corrected chi connectivity index (χ0v) is 16.2. The predicted octanol–water partition coefficient (Wildman–Crippen LogP) is 5.02. The standard InChI is InChI=1S/C20H24BrNO2/c1-5-19(17-8-6-13(2)10-14(17)3)22-20(23)12-24-16-7-9-18(21)15(4)11-16/h6-11,19H,5,12H2,1-4H3,(H,22,23). The number of halogens is 1. The minimum Gasteiger partial charge on any atom is -0.484 e. The zero-order chi connectivity index (χ0) is 17.7. The molecule has 0 aliphatic rings. The van der Waals surface area contributed by atoms with Gasteiger partial charge in [-0.1, -0.05) is 46.6 Å². The van der Waals surface area contributed by atoms with Gasteiger partial charge >= 0.3 is 0 Å². The Morgan fingerprint density at radius 3 is 2.50 bits per heavy atom. The largest absolute Gasteiger partial charge is 0.484 e. The Kier molecular flexibility index (Phi) is 6.44. The first kappa shape index (κ1) is 18.5. The van der Waals surface area contributed by atoms with Gasteiger partial charge in [-0.25, -0.2) is 0 Å². The minimum atomic E-state index is -0.109. The highest BCUT2D eigenvalue weighted by molar-refractivity contribution is 9.10. The molecular weight excluding hydrogens is 366 g/mol. The number of benzene rings is 2. The van der Waals surface area contributed by atoms with Crippen molar-refractivity contribution in [3.05, 3.63) is 63.1 Å². The first-order valence-corrected chi connectivity index (χ1v) is 8.95. The number of hydrogen-bond acceptors (Lipinski definition) is 2. The molecule has 0 spiro atoms. The highest BCUT2D eigenvalue weighted by Crippen LogP contribution is 2.23. The molecule has 2 aromatic carbocycles. The van der Waals surface area contributed by atoms with Crippen molar-refractivity contribution in [2.75, 3.05) is 6.61 Å². The normalized spacial score (nSPS) is 11.9. The molecule has 0 aliphatic carbocycles. The van der Waals surface area contributed by atoms with Gasteiger partial charge in [0.05, 0.1) is 6.04 Å². The third-order valence-electron chi connectivity index (χ3n) is 4.04. The van der Waals surface area contributed by atoms with Crippen molar-refractivity contribution < 1.29 is 9.53 Å². The van der Waals surface area contributed by atoms with Crippen LogP contribution in [0.2, 0.25) is 0 Å². The molecule has 4 heteroatoms. The van der Waals surface area contributed by atoms with E-state index in [1.807, 2.05) is 25.1 Å². The van der Waals surface area contributed by atoms with Gasteiger partial charge in [-0.05, 0) is 62.1 Å². The lowest BCUT2D eigenvalue weighted by atomic mass is 9.97. The molecule has 0 heterocycles. The molecule has 3 nitrogen and oxygen atoms in total. The van der Waals surface area contributed by atoms with Crippen molar-refractivity contribution in [3.63, 3.8) is 0 Å². The van der Waals surface area contributed by atoms with E-state index in [-0.39, 0.29) is 18.6 Å². The van der Waals surface area contributed by atoms with Gasteiger partial charge in [-0.2, -0.15) is 0 Å². The van der Waals surface area contributed by atoms with E-state index < -0.39 is 0 Å². The van der Waals surface area contributed by atoms with Gasteiger partial charge < -0.3 is 10.1 Å². The third-order valence-corrected chi connectivity index (χ3v) is 4.93. The van der Waals surface area contributed by atoms with Crippen molar-refractivity contribution in [2.45, 2.75) is 40.2 Å². The molecule has 0 bridgehead atoms. The third kappa shape index (κ3) is 4.84. The maximum atomic E-state index is 12.2. The van der Waals surface area contributed by atoms with Gasteiger partial charge in [0, 0.05) is 4.47 Å². The highest BCUT2D eigenvalue weighted by atomic mass is 79.9. The average Bonchev–Trinajstić information content (AvgIpc) is 2.54. The summed E-state index contributed by atoms with van der Waals surface area (Å²) in [5.41, 5.74) is 4.67. The second kappa shape index (κ2) is 8.34. The Hall–Kier alpha value is -1.81. The quantitative estimate of drug-likeness (QED) is 0.752. The molecule has 128 valence electrons. The summed E-state index contributed by atoms with van der Waals surface area (Å²) in [6.45, 7) is 8.23. The summed E-state index contributed by atoms with van der Waals surface area (Å²) in [4.78, 5) is 12.2. The van der Waals surface area contributed by atoms with Crippen molar-refractivity contribution in [3.8, 4) is 5.75 Å². The molecule has 24 heavy (non-hydrogen) atoms. The molecule has 0 aromatic heterocycles. The highest BCUT2D eigenvalue weighted by Gasteiger charge is 2.15. The summed E-state index contributed by atoms with van der Waals surface area (Å²) in [5.74, 6) is 0.591. The summed E-state index contributed by atoms with van der Waals surface area (Å²) in [7, 11) is 0. The lowest BCUT2D eigenvalue weighted by Crippen LogP contribution is -2.32. The molecule has 1 amide bonds. The minimum absolute atomic E-state index is 0.00774. The SMILES string of the molecule is CCC(NC(=O)COc1ccc(Br)c(C)c1)c1ccc(C)cc1C. The number of amides is 1. The molecule has 1 N–H and O–H groups in total. The fourth-order valence-corrected chi connectivity index (χ4v) is 2.95. The van der Waals surface area contributed by atoms with Crippen LogP contribution in [0.4, 0.5) is 0 Å². The van der Waals surface area contributed by atoms with Gasteiger partial charge in [0.2, 0.25) is 0 Å². The van der Waals surface area contributed by atoms with Gasteiger partial charge in [0.15, 0.2) is 6.61 Å². The molecular formula is C20H24BrNO2. The van der Waals surface area contributed by atoms with Crippen LogP contribution in [-0.4, -0.2) is 12.5 Å². The van der Waals surface area contributed by atoms with E-state index in [2.05, 4.69) is 60.2 Å². The van der Waals surface area contributed by atoms with Crippen LogP contribution >= 0.6 is 15.9 Å². The van der Waals surface area contributed by atoms with Crippen LogP contribution in [0.3, 0.4) is 0 Å². The van der Waals surface area contributed by atoms with Crippen molar-refractivity contribution in [2.24, 2.45) is 0 Å². The second-order valence-electron chi connectivity index (χ2n) is 6.09. The van der Waals surface area contributed by atoms with Gasteiger partial charge in [0.25, 0.3) is 5.91 Å². The summed E-state index contributed by atoms with van der Waals surface area (Å²) < 4.78 is 6.63. The van der Waals surface area contributed by atoms with E-state index in [0.717, 1.165) is 22.0 Å². The molecule has 2 aromatic rings. The lowest BCUT2D eigenvalue weighted by Gasteiger charge is -2.20. The van der Waals surface area contributed by atoms with E-state index in [0.29, 0.717) is 5.75 Å². The van der Waals surface area contributed by atoms with Gasteiger partial charge in [-0.15, -0.1) is 0 Å². The number of rotatable bonds is 6. The zero-order valence-electron chi connectivity index (χ0n) is 14.7. The van der Waals surface area contributed by atoms with Crippen LogP contribution in [0.5, 0.6) is 5.75 Å². The van der Waals surface area contributed by atoms with Crippen LogP contribution in [0, 0.1) is 20.8 Å². The van der Waals surface area contributed by atoms with Gasteiger partial charge in [-0.3, -0.25) is 4.79 Å². The molecule has 0 saturated carbocycles. The number of carbonyl (C=O) groups is 1. The lowest BCUT2D eigenvalue weighted by molar-refractivity contribution is -0.123. The number of ether oxygens (including phenoxy) is 1. The fourth-order valence-electron chi connectivity index (χ4n) is 2.71. The number of nitrogens with one attached hydrogen (secondary N) is 1. The number of hydrogen-bond donors (Lipinski definition) is 1. The summed E-state index contributed by atoms with van der Waals surface area (Å²) in [6.07, 6.45) is 0.840. The Labute approximate surface area is 152 Å². The Balaban J connectivity index is 1.97. The Morgan fingerprint density at radius 2 is 1.88 bits per heavy atom. The Bertz CT molecular complexity index is 728. The average molecular weight is 390 g/mol. The van der Waals surface area contributed by atoms with E-state index in [9.17, 15) is 4.79 Å². The number of carbonyl (C=O) groups excluding carboxylic acids is 1.